The van der Waals surface area contributed by atoms with Crippen LogP contribution in [0.25, 0.3) is 0 Å². The minimum absolute atomic E-state index is 0.122. The number of imide groups is 1. The van der Waals surface area contributed by atoms with Crippen molar-refractivity contribution in [2.75, 3.05) is 5.32 Å². The first-order valence-electron chi connectivity index (χ1n) is 9.65. The third kappa shape index (κ3) is 3.63. The Morgan fingerprint density at radius 2 is 1.81 bits per heavy atom. The molecule has 0 unspecified atom stereocenters. The zero-order chi connectivity index (χ0) is 22.3. The summed E-state index contributed by atoms with van der Waals surface area (Å²) in [5.74, 6) is -2.73. The lowest BCUT2D eigenvalue weighted by atomic mass is 10.1. The second kappa shape index (κ2) is 7.63. The monoisotopic (exact) mass is 422 g/mol. The van der Waals surface area contributed by atoms with Gasteiger partial charge in [-0.2, -0.15) is 0 Å². The van der Waals surface area contributed by atoms with Gasteiger partial charge < -0.3 is 10.6 Å². The Kier molecular flexibility index (Phi) is 4.97. The maximum atomic E-state index is 12.8. The standard InChI is InChI=1S/C21H18N4O6/c1-11(24-20(28)14-6-4-8-16(25(30)31)17(14)21(24)29)18(26)23-15-7-3-2-5-13(15)19(27)22-12-9-10-12/h2-8,11-12H,9-10H2,1H3,(H,22,27)(H,23,26)/t11-/m0/s1. The number of benzene rings is 2. The van der Waals surface area contributed by atoms with Crippen molar-refractivity contribution in [2.45, 2.75) is 31.8 Å². The Morgan fingerprint density at radius 3 is 2.48 bits per heavy atom. The Hall–Kier alpha value is -4.08. The summed E-state index contributed by atoms with van der Waals surface area (Å²) < 4.78 is 0. The van der Waals surface area contributed by atoms with Crippen LogP contribution in [0.3, 0.4) is 0 Å². The Bertz CT molecular complexity index is 1140. The number of nitro benzene ring substituents is 1. The second-order valence-corrected chi connectivity index (χ2v) is 7.40. The molecule has 0 radical (unpaired) electrons. The van der Waals surface area contributed by atoms with Crippen molar-refractivity contribution in [1.82, 2.24) is 10.2 Å². The maximum absolute atomic E-state index is 12.8. The van der Waals surface area contributed by atoms with Gasteiger partial charge in [-0.1, -0.05) is 18.2 Å². The molecule has 0 saturated heterocycles. The summed E-state index contributed by atoms with van der Waals surface area (Å²) in [6.45, 7) is 1.34. The largest absolute Gasteiger partial charge is 0.349 e. The van der Waals surface area contributed by atoms with Crippen LogP contribution < -0.4 is 10.6 Å². The first-order valence-corrected chi connectivity index (χ1v) is 9.65. The van der Waals surface area contributed by atoms with Gasteiger partial charge in [0.15, 0.2) is 0 Å². The van der Waals surface area contributed by atoms with Gasteiger partial charge in [-0.05, 0) is 38.0 Å². The SMILES string of the molecule is C[C@@H](C(=O)Nc1ccccc1C(=O)NC1CC1)N1C(=O)c2cccc([N+](=O)[O-])c2C1=O. The van der Waals surface area contributed by atoms with Crippen molar-refractivity contribution in [3.05, 3.63) is 69.3 Å². The minimum atomic E-state index is -1.26. The highest BCUT2D eigenvalue weighted by Crippen LogP contribution is 2.32. The van der Waals surface area contributed by atoms with E-state index in [1.807, 2.05) is 0 Å². The van der Waals surface area contributed by atoms with Crippen LogP contribution in [-0.2, 0) is 4.79 Å². The lowest BCUT2D eigenvalue weighted by Crippen LogP contribution is -2.45. The second-order valence-electron chi connectivity index (χ2n) is 7.40. The number of carbonyl (C=O) groups is 4. The first-order chi connectivity index (χ1) is 14.8. The summed E-state index contributed by atoms with van der Waals surface area (Å²) in [7, 11) is 0. The molecule has 158 valence electrons. The number of hydrogen-bond donors (Lipinski definition) is 2. The fourth-order valence-electron chi connectivity index (χ4n) is 3.42. The van der Waals surface area contributed by atoms with Crippen molar-refractivity contribution < 1.29 is 24.1 Å². The van der Waals surface area contributed by atoms with Crippen LogP contribution in [0.2, 0.25) is 0 Å². The predicted molar refractivity (Wildman–Crippen MR) is 109 cm³/mol. The van der Waals surface area contributed by atoms with Crippen LogP contribution in [0, 0.1) is 10.1 Å². The van der Waals surface area contributed by atoms with Crippen molar-refractivity contribution in [1.29, 1.82) is 0 Å². The van der Waals surface area contributed by atoms with Gasteiger partial charge in [0.25, 0.3) is 23.4 Å². The summed E-state index contributed by atoms with van der Waals surface area (Å²) in [6, 6.07) is 9.02. The highest BCUT2D eigenvalue weighted by Gasteiger charge is 2.45. The van der Waals surface area contributed by atoms with Crippen LogP contribution in [-0.4, -0.2) is 45.5 Å². The zero-order valence-electron chi connectivity index (χ0n) is 16.5. The number of nitrogens with zero attached hydrogens (tertiary/aromatic N) is 2. The smallest absolute Gasteiger partial charge is 0.282 e. The molecule has 31 heavy (non-hydrogen) atoms. The van der Waals surface area contributed by atoms with E-state index in [9.17, 15) is 29.3 Å². The molecule has 10 heteroatoms. The third-order valence-corrected chi connectivity index (χ3v) is 5.23. The van der Waals surface area contributed by atoms with Gasteiger partial charge in [0.2, 0.25) is 5.91 Å². The molecule has 1 heterocycles. The Labute approximate surface area is 176 Å². The molecule has 0 spiro atoms. The van der Waals surface area contributed by atoms with Gasteiger partial charge in [0, 0.05) is 12.1 Å². The van der Waals surface area contributed by atoms with Gasteiger partial charge in [-0.15, -0.1) is 0 Å². The molecule has 0 aromatic heterocycles. The van der Waals surface area contributed by atoms with Crippen molar-refractivity contribution >= 4 is 35.0 Å². The van der Waals surface area contributed by atoms with E-state index in [0.717, 1.165) is 18.9 Å². The van der Waals surface area contributed by atoms with Crippen molar-refractivity contribution in [3.63, 3.8) is 0 Å². The molecule has 0 bridgehead atoms. The molecule has 1 aliphatic carbocycles. The quantitative estimate of drug-likeness (QED) is 0.415. The van der Waals surface area contributed by atoms with Crippen molar-refractivity contribution in [3.8, 4) is 0 Å². The molecule has 2 N–H and O–H groups in total. The van der Waals surface area contributed by atoms with Gasteiger partial charge in [0.1, 0.15) is 11.6 Å². The van der Waals surface area contributed by atoms with E-state index in [2.05, 4.69) is 10.6 Å². The van der Waals surface area contributed by atoms with Crippen molar-refractivity contribution in [2.24, 2.45) is 0 Å². The van der Waals surface area contributed by atoms with Crippen LogP contribution in [0.15, 0.2) is 42.5 Å². The van der Waals surface area contributed by atoms with E-state index in [1.54, 1.807) is 24.3 Å². The normalized spacial score (nSPS) is 16.0. The summed E-state index contributed by atoms with van der Waals surface area (Å²) in [5, 5.41) is 16.7. The topological polar surface area (TPSA) is 139 Å². The average molecular weight is 422 g/mol. The van der Waals surface area contributed by atoms with E-state index in [1.165, 1.54) is 19.1 Å². The number of amides is 4. The maximum Gasteiger partial charge on any atom is 0.282 e. The van der Waals surface area contributed by atoms with Gasteiger partial charge in [-0.3, -0.25) is 34.2 Å². The molecule has 2 aromatic rings. The molecule has 1 fully saturated rings. The van der Waals surface area contributed by atoms with Crippen LogP contribution >= 0.6 is 0 Å². The number of carbonyl (C=O) groups excluding carboxylic acids is 4. The van der Waals surface area contributed by atoms with E-state index in [-0.39, 0.29) is 34.3 Å². The molecule has 4 amide bonds. The summed E-state index contributed by atoms with van der Waals surface area (Å²) in [4.78, 5) is 62.0. The van der Waals surface area contributed by atoms with E-state index >= 15 is 0 Å². The van der Waals surface area contributed by atoms with E-state index in [4.69, 9.17) is 0 Å². The fourth-order valence-corrected chi connectivity index (χ4v) is 3.42. The molecule has 10 nitrogen and oxygen atoms in total. The third-order valence-electron chi connectivity index (χ3n) is 5.23. The molecule has 1 aliphatic heterocycles. The molecule has 2 aliphatic rings. The zero-order valence-corrected chi connectivity index (χ0v) is 16.5. The summed E-state index contributed by atoms with van der Waals surface area (Å²) in [6.07, 6.45) is 1.81. The van der Waals surface area contributed by atoms with Crippen LogP contribution in [0.5, 0.6) is 0 Å². The fraction of sp³-hybridized carbons (Fsp3) is 0.238. The Morgan fingerprint density at radius 1 is 1.10 bits per heavy atom. The number of nitro groups is 1. The number of hydrogen-bond acceptors (Lipinski definition) is 6. The molecular weight excluding hydrogens is 404 g/mol. The molecule has 4 rings (SSSR count). The Balaban J connectivity index is 1.56. The van der Waals surface area contributed by atoms with Gasteiger partial charge in [0.05, 0.1) is 21.7 Å². The molecule has 2 aromatic carbocycles. The van der Waals surface area contributed by atoms with Crippen LogP contribution in [0.4, 0.5) is 11.4 Å². The van der Waals surface area contributed by atoms with Crippen LogP contribution in [0.1, 0.15) is 50.8 Å². The molecular formula is C21H18N4O6. The average Bonchev–Trinajstić information content (AvgIpc) is 3.52. The lowest BCUT2D eigenvalue weighted by molar-refractivity contribution is -0.385. The number of anilines is 1. The predicted octanol–water partition coefficient (Wildman–Crippen LogP) is 2.11. The van der Waals surface area contributed by atoms with E-state index < -0.39 is 34.4 Å². The summed E-state index contributed by atoms with van der Waals surface area (Å²) >= 11 is 0. The summed E-state index contributed by atoms with van der Waals surface area (Å²) in [5.41, 5.74) is -0.453. The lowest BCUT2D eigenvalue weighted by Gasteiger charge is -2.22. The number of para-hydroxylation sites is 1. The first kappa shape index (κ1) is 20.2. The highest BCUT2D eigenvalue weighted by molar-refractivity contribution is 6.25. The van der Waals surface area contributed by atoms with E-state index in [0.29, 0.717) is 4.90 Å². The number of fused-ring (bicyclic) bond motifs is 1. The number of nitrogens with one attached hydrogen (secondary N) is 2. The van der Waals surface area contributed by atoms with Gasteiger partial charge >= 0.3 is 0 Å². The van der Waals surface area contributed by atoms with Gasteiger partial charge in [-0.25, -0.2) is 0 Å². The minimum Gasteiger partial charge on any atom is -0.349 e. The molecule has 1 saturated carbocycles. The molecule has 1 atom stereocenters. The number of rotatable bonds is 6. The highest BCUT2D eigenvalue weighted by atomic mass is 16.6.